The summed E-state index contributed by atoms with van der Waals surface area (Å²) in [6.07, 6.45) is 1.95. The lowest BCUT2D eigenvalue weighted by molar-refractivity contribution is 0.372. The summed E-state index contributed by atoms with van der Waals surface area (Å²) in [7, 11) is 4.15. The first-order valence-corrected chi connectivity index (χ1v) is 7.58. The van der Waals surface area contributed by atoms with Crippen LogP contribution in [0.2, 0.25) is 5.15 Å². The fourth-order valence-electron chi connectivity index (χ4n) is 1.95. The van der Waals surface area contributed by atoms with Crippen LogP contribution in [0.3, 0.4) is 0 Å². The van der Waals surface area contributed by atoms with E-state index in [4.69, 9.17) is 11.6 Å². The Morgan fingerprint density at radius 2 is 2.06 bits per heavy atom. The van der Waals surface area contributed by atoms with Crippen molar-refractivity contribution in [1.29, 1.82) is 0 Å². The van der Waals surface area contributed by atoms with Crippen molar-refractivity contribution in [1.82, 2.24) is 14.9 Å². The summed E-state index contributed by atoms with van der Waals surface area (Å²) in [6.45, 7) is 6.19. The second-order valence-corrected chi connectivity index (χ2v) is 5.59. The van der Waals surface area contributed by atoms with Gasteiger partial charge in [0.25, 0.3) is 0 Å². The quantitative estimate of drug-likeness (QED) is 0.456. The molecule has 4 nitrogen and oxygen atoms in total. The maximum Gasteiger partial charge on any atom is 0.190 e. The minimum Gasteiger partial charge on any atom is -0.353 e. The van der Waals surface area contributed by atoms with Gasteiger partial charge in [-0.15, -0.1) is 0 Å². The second kappa shape index (κ2) is 7.16. The number of hydrogen-bond donors (Lipinski definition) is 0. The summed E-state index contributed by atoms with van der Waals surface area (Å²) in [5, 5.41) is 1.22. The zero-order chi connectivity index (χ0) is 13.7. The molecule has 102 valence electrons. The molecule has 0 saturated heterocycles. The molecule has 6 heteroatoms. The van der Waals surface area contributed by atoms with E-state index in [1.807, 2.05) is 12.3 Å². The topological polar surface area (TPSA) is 32.3 Å². The Bertz CT molecular complexity index is 386. The van der Waals surface area contributed by atoms with E-state index in [1.54, 1.807) is 0 Å². The molecular weight excluding hydrogens is 268 g/mol. The van der Waals surface area contributed by atoms with Crippen molar-refractivity contribution in [2.24, 2.45) is 0 Å². The number of halogens is 1. The summed E-state index contributed by atoms with van der Waals surface area (Å²) in [5.74, 6) is 0.899. The molecule has 1 unspecified atom stereocenters. The Balaban J connectivity index is 2.97. The van der Waals surface area contributed by atoms with Crippen molar-refractivity contribution in [3.63, 3.8) is 0 Å². The van der Waals surface area contributed by atoms with Gasteiger partial charge in [0.15, 0.2) is 5.16 Å². The van der Waals surface area contributed by atoms with E-state index in [0.29, 0.717) is 16.4 Å². The van der Waals surface area contributed by atoms with Gasteiger partial charge in [-0.1, -0.05) is 23.4 Å². The summed E-state index contributed by atoms with van der Waals surface area (Å²) in [6, 6.07) is 2.21. The Morgan fingerprint density at radius 3 is 2.56 bits per heavy atom. The van der Waals surface area contributed by atoms with Crippen LogP contribution < -0.4 is 4.90 Å². The van der Waals surface area contributed by atoms with Crippen molar-refractivity contribution in [3.05, 3.63) is 11.2 Å². The smallest absolute Gasteiger partial charge is 0.190 e. The standard InChI is InChI=1S/C12H21ClN4S/c1-6-17(9(2)8-16(3)4)11-7-10(13)14-12(15-11)18-5/h7,9H,6,8H2,1-5H3. The highest BCUT2D eigenvalue weighted by Crippen LogP contribution is 2.21. The molecule has 1 rings (SSSR count). The molecule has 0 radical (unpaired) electrons. The van der Waals surface area contributed by atoms with Gasteiger partial charge in [-0.25, -0.2) is 9.97 Å². The molecule has 0 aromatic carbocycles. The molecule has 0 saturated carbocycles. The predicted octanol–water partition coefficient (Wildman–Crippen LogP) is 2.63. The molecule has 0 bridgehead atoms. The van der Waals surface area contributed by atoms with Crippen molar-refractivity contribution in [2.75, 3.05) is 38.3 Å². The molecule has 0 aliphatic carbocycles. The first-order valence-electron chi connectivity index (χ1n) is 5.97. The normalized spacial score (nSPS) is 12.8. The van der Waals surface area contributed by atoms with E-state index in [-0.39, 0.29) is 0 Å². The number of likely N-dealkylation sites (N-methyl/N-ethyl adjacent to an activating group) is 2. The molecule has 1 aromatic heterocycles. The van der Waals surface area contributed by atoms with Gasteiger partial charge in [0, 0.05) is 25.2 Å². The van der Waals surface area contributed by atoms with Gasteiger partial charge in [0.2, 0.25) is 0 Å². The molecular formula is C12H21ClN4S. The first-order chi connectivity index (χ1) is 8.47. The van der Waals surface area contributed by atoms with Gasteiger partial charge in [0.05, 0.1) is 0 Å². The lowest BCUT2D eigenvalue weighted by Crippen LogP contribution is -2.40. The predicted molar refractivity (Wildman–Crippen MR) is 79.9 cm³/mol. The number of nitrogens with zero attached hydrogens (tertiary/aromatic N) is 4. The van der Waals surface area contributed by atoms with E-state index in [1.165, 1.54) is 11.8 Å². The van der Waals surface area contributed by atoms with Crippen LogP contribution in [0.15, 0.2) is 11.2 Å². The third-order valence-corrected chi connectivity index (χ3v) is 3.38. The number of aromatic nitrogens is 2. The number of rotatable bonds is 6. The molecule has 1 heterocycles. The Morgan fingerprint density at radius 1 is 1.39 bits per heavy atom. The molecule has 0 amide bonds. The summed E-state index contributed by atoms with van der Waals surface area (Å²) in [5.41, 5.74) is 0. The fraction of sp³-hybridized carbons (Fsp3) is 0.667. The Hall–Kier alpha value is -0.520. The minimum absolute atomic E-state index is 0.380. The van der Waals surface area contributed by atoms with Gasteiger partial charge in [-0.3, -0.25) is 0 Å². The lowest BCUT2D eigenvalue weighted by Gasteiger charge is -2.31. The molecule has 1 aromatic rings. The maximum absolute atomic E-state index is 6.04. The van der Waals surface area contributed by atoms with E-state index >= 15 is 0 Å². The van der Waals surface area contributed by atoms with Crippen LogP contribution in [0, 0.1) is 0 Å². The highest BCUT2D eigenvalue weighted by atomic mass is 35.5. The van der Waals surface area contributed by atoms with Gasteiger partial charge in [0.1, 0.15) is 11.0 Å². The summed E-state index contributed by atoms with van der Waals surface area (Å²) >= 11 is 7.55. The fourth-order valence-corrected chi connectivity index (χ4v) is 2.55. The molecule has 0 N–H and O–H groups in total. The minimum atomic E-state index is 0.380. The molecule has 18 heavy (non-hydrogen) atoms. The maximum atomic E-state index is 6.04. The van der Waals surface area contributed by atoms with Crippen LogP contribution in [0.1, 0.15) is 13.8 Å². The van der Waals surface area contributed by atoms with E-state index < -0.39 is 0 Å². The third kappa shape index (κ3) is 4.30. The van der Waals surface area contributed by atoms with Gasteiger partial charge >= 0.3 is 0 Å². The number of hydrogen-bond acceptors (Lipinski definition) is 5. The Kier molecular flexibility index (Phi) is 6.18. The van der Waals surface area contributed by atoms with E-state index in [9.17, 15) is 0 Å². The summed E-state index contributed by atoms with van der Waals surface area (Å²) in [4.78, 5) is 13.1. The lowest BCUT2D eigenvalue weighted by atomic mass is 10.2. The van der Waals surface area contributed by atoms with Crippen LogP contribution >= 0.6 is 23.4 Å². The van der Waals surface area contributed by atoms with Crippen LogP contribution in [-0.2, 0) is 0 Å². The average Bonchev–Trinajstić information content (AvgIpc) is 2.28. The Labute approximate surface area is 119 Å². The molecule has 0 spiro atoms. The third-order valence-electron chi connectivity index (χ3n) is 2.64. The number of anilines is 1. The number of thioether (sulfide) groups is 1. The molecule has 1 atom stereocenters. The molecule has 0 fully saturated rings. The highest BCUT2D eigenvalue weighted by Gasteiger charge is 2.16. The van der Waals surface area contributed by atoms with Crippen LogP contribution in [0.5, 0.6) is 0 Å². The molecule has 0 aliphatic rings. The second-order valence-electron chi connectivity index (χ2n) is 4.43. The van der Waals surface area contributed by atoms with Gasteiger partial charge < -0.3 is 9.80 Å². The van der Waals surface area contributed by atoms with Gasteiger partial charge in [-0.05, 0) is 34.2 Å². The van der Waals surface area contributed by atoms with Crippen molar-refractivity contribution in [2.45, 2.75) is 25.0 Å². The van der Waals surface area contributed by atoms with Crippen molar-refractivity contribution in [3.8, 4) is 0 Å². The van der Waals surface area contributed by atoms with Crippen molar-refractivity contribution < 1.29 is 0 Å². The average molecular weight is 289 g/mol. The van der Waals surface area contributed by atoms with Crippen LogP contribution in [0.4, 0.5) is 5.82 Å². The zero-order valence-electron chi connectivity index (χ0n) is 11.6. The van der Waals surface area contributed by atoms with Crippen molar-refractivity contribution >= 4 is 29.2 Å². The van der Waals surface area contributed by atoms with Gasteiger partial charge in [-0.2, -0.15) is 0 Å². The van der Waals surface area contributed by atoms with E-state index in [2.05, 4.69) is 47.7 Å². The largest absolute Gasteiger partial charge is 0.353 e. The van der Waals surface area contributed by atoms with Crippen LogP contribution in [-0.4, -0.2) is 54.4 Å². The highest BCUT2D eigenvalue weighted by molar-refractivity contribution is 7.98. The van der Waals surface area contributed by atoms with Crippen LogP contribution in [0.25, 0.3) is 0 Å². The zero-order valence-corrected chi connectivity index (χ0v) is 13.2. The first kappa shape index (κ1) is 15.5. The van der Waals surface area contributed by atoms with E-state index in [0.717, 1.165) is 18.9 Å². The monoisotopic (exact) mass is 288 g/mol. The molecule has 0 aliphatic heterocycles. The SMILES string of the molecule is CCN(c1cc(Cl)nc(SC)n1)C(C)CN(C)C. The summed E-state index contributed by atoms with van der Waals surface area (Å²) < 4.78 is 0.